The molecule has 5 N–H and O–H groups in total. The highest BCUT2D eigenvalue weighted by atomic mass is 16.1. The quantitative estimate of drug-likeness (QED) is 0.551. The van der Waals surface area contributed by atoms with Gasteiger partial charge in [0.05, 0.1) is 18.0 Å². The first-order chi connectivity index (χ1) is 11.4. The van der Waals surface area contributed by atoms with Gasteiger partial charge in [-0.05, 0) is 50.2 Å². The van der Waals surface area contributed by atoms with E-state index < -0.39 is 11.0 Å². The number of guanidine groups is 1. The second kappa shape index (κ2) is 5.78. The van der Waals surface area contributed by atoms with Crippen LogP contribution in [0.3, 0.4) is 0 Å². The minimum atomic E-state index is -0.727. The lowest BCUT2D eigenvalue weighted by Gasteiger charge is -2.39. The van der Waals surface area contributed by atoms with Gasteiger partial charge < -0.3 is 16.8 Å². The van der Waals surface area contributed by atoms with Crippen LogP contribution in [-0.2, 0) is 10.3 Å². The Bertz CT molecular complexity index is 718. The predicted molar refractivity (Wildman–Crippen MR) is 90.9 cm³/mol. The Labute approximate surface area is 141 Å². The summed E-state index contributed by atoms with van der Waals surface area (Å²) in [5, 5.41) is 12.8. The van der Waals surface area contributed by atoms with Gasteiger partial charge in [-0.1, -0.05) is 6.07 Å². The molecule has 2 fully saturated rings. The number of nitrogens with one attached hydrogen (secondary N) is 1. The Balaban J connectivity index is 1.98. The van der Waals surface area contributed by atoms with Crippen molar-refractivity contribution >= 4 is 17.6 Å². The van der Waals surface area contributed by atoms with Gasteiger partial charge in [-0.15, -0.1) is 0 Å². The predicted octanol–water partition coefficient (Wildman–Crippen LogP) is 1.26. The summed E-state index contributed by atoms with van der Waals surface area (Å²) < 4.78 is 0. The van der Waals surface area contributed by atoms with Gasteiger partial charge in [-0.25, -0.2) is 9.98 Å². The minimum Gasteiger partial charge on any atom is -0.370 e. The first-order valence-corrected chi connectivity index (χ1v) is 8.13. The molecular weight excluding hydrogens is 304 g/mol. The van der Waals surface area contributed by atoms with Gasteiger partial charge in [-0.2, -0.15) is 5.26 Å². The summed E-state index contributed by atoms with van der Waals surface area (Å²) in [7, 11) is 0. The third-order valence-electron chi connectivity index (χ3n) is 5.29. The lowest BCUT2D eigenvalue weighted by Crippen LogP contribution is -2.43. The molecule has 2 bridgehead atoms. The summed E-state index contributed by atoms with van der Waals surface area (Å²) >= 11 is 0. The van der Waals surface area contributed by atoms with Crippen LogP contribution in [0, 0.1) is 22.7 Å². The number of hydrogen-bond donors (Lipinski definition) is 3. The van der Waals surface area contributed by atoms with E-state index in [0.29, 0.717) is 11.7 Å². The van der Waals surface area contributed by atoms with E-state index in [1.165, 1.54) is 6.92 Å². The molecule has 24 heavy (non-hydrogen) atoms. The summed E-state index contributed by atoms with van der Waals surface area (Å²) in [5.41, 5.74) is 11.0. The molecule has 1 aromatic heterocycles. The number of hydrogen-bond acceptors (Lipinski definition) is 5. The van der Waals surface area contributed by atoms with Crippen LogP contribution in [-0.4, -0.2) is 23.3 Å². The summed E-state index contributed by atoms with van der Waals surface area (Å²) in [5.74, 6) is 1.11. The van der Waals surface area contributed by atoms with Crippen molar-refractivity contribution in [2.45, 2.75) is 38.1 Å². The lowest BCUT2D eigenvalue weighted by molar-refractivity contribution is -0.115. The van der Waals surface area contributed by atoms with E-state index in [0.717, 1.165) is 31.2 Å². The van der Waals surface area contributed by atoms with Crippen molar-refractivity contribution in [2.75, 3.05) is 11.9 Å². The summed E-state index contributed by atoms with van der Waals surface area (Å²) in [6.45, 7) is 1.75. The standard InChI is InChI=1S/C17H22N6O/c1-11(24)8-21-14-3-2-13(9-22-14)17(23-15(19)20)7-12-4-5-16(17,6-12)10-18/h2-3,9,12H,4-8H2,1H3,(H,21,22)(H4,19,20,23). The molecule has 0 radical (unpaired) electrons. The second-order valence-corrected chi connectivity index (χ2v) is 6.89. The highest BCUT2D eigenvalue weighted by molar-refractivity contribution is 5.80. The number of pyridine rings is 1. The molecule has 7 heteroatoms. The smallest absolute Gasteiger partial charge is 0.186 e. The van der Waals surface area contributed by atoms with E-state index in [4.69, 9.17) is 11.5 Å². The van der Waals surface area contributed by atoms with Gasteiger partial charge >= 0.3 is 0 Å². The number of aromatic nitrogens is 1. The SMILES string of the molecule is CC(=O)CNc1ccc(C2(N=C(N)N)CC3CCC2(C#N)C3)cn1. The Morgan fingerprint density at radius 3 is 2.83 bits per heavy atom. The van der Waals surface area contributed by atoms with E-state index in [2.05, 4.69) is 21.4 Å². The van der Waals surface area contributed by atoms with Crippen LogP contribution in [0.1, 0.15) is 38.2 Å². The monoisotopic (exact) mass is 326 g/mol. The molecule has 0 spiro atoms. The van der Waals surface area contributed by atoms with Crippen LogP contribution >= 0.6 is 0 Å². The number of carbonyl (C=O) groups excluding carboxylic acids is 1. The summed E-state index contributed by atoms with van der Waals surface area (Å²) in [4.78, 5) is 20.0. The summed E-state index contributed by atoms with van der Waals surface area (Å²) in [6, 6.07) is 6.22. The number of ketones is 1. The number of nitrogens with two attached hydrogens (primary N) is 2. The average molecular weight is 326 g/mol. The maximum atomic E-state index is 11.1. The number of carbonyl (C=O) groups is 1. The molecule has 0 saturated heterocycles. The third kappa shape index (κ3) is 2.48. The van der Waals surface area contributed by atoms with Gasteiger partial charge in [0.1, 0.15) is 17.1 Å². The van der Waals surface area contributed by atoms with Gasteiger partial charge in [0, 0.05) is 6.20 Å². The number of Topliss-reactive ketones (excluding diaryl/α,β-unsaturated/α-hetero) is 1. The Morgan fingerprint density at radius 2 is 2.29 bits per heavy atom. The molecule has 1 heterocycles. The molecule has 0 amide bonds. The largest absolute Gasteiger partial charge is 0.370 e. The molecule has 2 aliphatic rings. The number of aliphatic imine (C=N–C) groups is 1. The molecule has 3 rings (SSSR count). The third-order valence-corrected chi connectivity index (χ3v) is 5.29. The fourth-order valence-electron chi connectivity index (χ4n) is 4.29. The Kier molecular flexibility index (Phi) is 3.91. The van der Waals surface area contributed by atoms with Crippen LogP contribution < -0.4 is 16.8 Å². The van der Waals surface area contributed by atoms with Crippen molar-refractivity contribution < 1.29 is 4.79 Å². The maximum Gasteiger partial charge on any atom is 0.186 e. The fourth-order valence-corrected chi connectivity index (χ4v) is 4.29. The molecule has 2 saturated carbocycles. The van der Waals surface area contributed by atoms with Crippen LogP contribution in [0.15, 0.2) is 23.3 Å². The van der Waals surface area contributed by atoms with Crippen molar-refractivity contribution in [3.63, 3.8) is 0 Å². The first kappa shape index (κ1) is 16.2. The molecule has 2 aliphatic carbocycles. The van der Waals surface area contributed by atoms with E-state index in [1.54, 1.807) is 12.3 Å². The molecule has 3 atom stereocenters. The molecule has 3 unspecified atom stereocenters. The number of nitriles is 1. The lowest BCUT2D eigenvalue weighted by atomic mass is 9.66. The first-order valence-electron chi connectivity index (χ1n) is 8.13. The highest BCUT2D eigenvalue weighted by Crippen LogP contribution is 2.65. The van der Waals surface area contributed by atoms with Crippen LogP contribution in [0.4, 0.5) is 5.82 Å². The van der Waals surface area contributed by atoms with Crippen molar-refractivity contribution in [1.82, 2.24) is 4.98 Å². The van der Waals surface area contributed by atoms with E-state index in [9.17, 15) is 10.1 Å². The van der Waals surface area contributed by atoms with E-state index >= 15 is 0 Å². The van der Waals surface area contributed by atoms with Gasteiger partial charge in [0.2, 0.25) is 0 Å². The minimum absolute atomic E-state index is 0.00374. The summed E-state index contributed by atoms with van der Waals surface area (Å²) in [6.07, 6.45) is 5.15. The zero-order chi connectivity index (χ0) is 17.4. The Hall–Kier alpha value is -2.62. The number of fused-ring (bicyclic) bond motifs is 2. The van der Waals surface area contributed by atoms with Gasteiger partial charge in [0.25, 0.3) is 0 Å². The van der Waals surface area contributed by atoms with Crippen molar-refractivity contribution in [1.29, 1.82) is 5.26 Å². The second-order valence-electron chi connectivity index (χ2n) is 6.89. The van der Waals surface area contributed by atoms with E-state index in [-0.39, 0.29) is 18.3 Å². The molecule has 1 aromatic rings. The maximum absolute atomic E-state index is 11.1. The topological polar surface area (TPSA) is 130 Å². The van der Waals surface area contributed by atoms with Crippen molar-refractivity contribution in [3.05, 3.63) is 23.9 Å². The highest BCUT2D eigenvalue weighted by Gasteiger charge is 2.63. The fraction of sp³-hybridized carbons (Fsp3) is 0.529. The number of anilines is 1. The van der Waals surface area contributed by atoms with Crippen LogP contribution in [0.25, 0.3) is 0 Å². The van der Waals surface area contributed by atoms with Crippen molar-refractivity contribution in [2.24, 2.45) is 27.8 Å². The molecule has 0 aromatic carbocycles. The van der Waals surface area contributed by atoms with Gasteiger partial charge in [-0.3, -0.25) is 4.79 Å². The number of rotatable bonds is 5. The number of nitrogens with zero attached hydrogens (tertiary/aromatic N) is 3. The Morgan fingerprint density at radius 1 is 1.50 bits per heavy atom. The van der Waals surface area contributed by atoms with Crippen LogP contribution in [0.5, 0.6) is 0 Å². The zero-order valence-corrected chi connectivity index (χ0v) is 13.7. The molecule has 126 valence electrons. The average Bonchev–Trinajstić information content (AvgIpc) is 3.09. The molecular formula is C17H22N6O. The zero-order valence-electron chi connectivity index (χ0n) is 13.7. The van der Waals surface area contributed by atoms with Gasteiger partial charge in [0.15, 0.2) is 5.96 Å². The van der Waals surface area contributed by atoms with Crippen molar-refractivity contribution in [3.8, 4) is 6.07 Å². The normalized spacial score (nSPS) is 30.6. The van der Waals surface area contributed by atoms with E-state index in [1.807, 2.05) is 6.07 Å². The van der Waals surface area contributed by atoms with Crippen LogP contribution in [0.2, 0.25) is 0 Å². The molecule has 7 nitrogen and oxygen atoms in total. The molecule has 0 aliphatic heterocycles.